The Hall–Kier alpha value is -0.680. The number of halogens is 1. The van der Waals surface area contributed by atoms with Gasteiger partial charge in [0.15, 0.2) is 0 Å². The number of hydrogen-bond donors (Lipinski definition) is 2. The van der Waals surface area contributed by atoms with Crippen molar-refractivity contribution in [1.82, 2.24) is 4.90 Å². The molecule has 0 bridgehead atoms. The molecule has 0 aromatic rings. The van der Waals surface area contributed by atoms with Crippen molar-refractivity contribution in [2.75, 3.05) is 13.1 Å². The zero-order valence-corrected chi connectivity index (χ0v) is 8.40. The Morgan fingerprint density at radius 1 is 1.57 bits per heavy atom. The molecule has 5 heteroatoms. The average Bonchev–Trinajstić information content (AvgIpc) is 2.48. The van der Waals surface area contributed by atoms with Crippen molar-refractivity contribution in [2.45, 2.75) is 38.1 Å². The van der Waals surface area contributed by atoms with Gasteiger partial charge in [0.2, 0.25) is 6.17 Å². The van der Waals surface area contributed by atoms with E-state index in [2.05, 4.69) is 0 Å². The molecule has 1 fully saturated rings. The average molecular weight is 205 g/mol. The van der Waals surface area contributed by atoms with Gasteiger partial charge in [-0.25, -0.2) is 9.18 Å². The Labute approximate surface area is 82.3 Å². The summed E-state index contributed by atoms with van der Waals surface area (Å²) in [5.41, 5.74) is -1.71. The molecule has 82 valence electrons. The maximum absolute atomic E-state index is 13.2. The standard InChI is InChI=1S/C9H16FNO3/c1-6(2)11-4-3-9(14,5-11)7(10)8(12)13/h6-7,14H,3-5H2,1-2H3,(H,12,13). The minimum absolute atomic E-state index is 0.0954. The Balaban J connectivity index is 2.66. The van der Waals surface area contributed by atoms with Gasteiger partial charge in [0.05, 0.1) is 0 Å². The topological polar surface area (TPSA) is 60.8 Å². The van der Waals surface area contributed by atoms with Crippen molar-refractivity contribution >= 4 is 5.97 Å². The Morgan fingerprint density at radius 3 is 2.50 bits per heavy atom. The van der Waals surface area contributed by atoms with Crippen molar-refractivity contribution in [2.24, 2.45) is 0 Å². The van der Waals surface area contributed by atoms with Crippen molar-refractivity contribution < 1.29 is 19.4 Å². The number of carboxylic acid groups (broad SMARTS) is 1. The van der Waals surface area contributed by atoms with E-state index in [1.807, 2.05) is 18.7 Å². The van der Waals surface area contributed by atoms with Gasteiger partial charge < -0.3 is 10.2 Å². The molecule has 1 aliphatic rings. The Kier molecular flexibility index (Phi) is 3.11. The van der Waals surface area contributed by atoms with Crippen LogP contribution in [-0.4, -0.2) is 52.0 Å². The lowest BCUT2D eigenvalue weighted by Gasteiger charge is -2.26. The van der Waals surface area contributed by atoms with Crippen molar-refractivity contribution in [1.29, 1.82) is 0 Å². The van der Waals surface area contributed by atoms with Crippen molar-refractivity contribution in [3.63, 3.8) is 0 Å². The fourth-order valence-corrected chi connectivity index (χ4v) is 1.72. The van der Waals surface area contributed by atoms with Gasteiger partial charge in [-0.05, 0) is 20.3 Å². The van der Waals surface area contributed by atoms with Crippen LogP contribution in [0, 0.1) is 0 Å². The third-order valence-electron chi connectivity index (χ3n) is 2.73. The van der Waals surface area contributed by atoms with Crippen LogP contribution in [0.15, 0.2) is 0 Å². The van der Waals surface area contributed by atoms with Crippen LogP contribution in [0.25, 0.3) is 0 Å². The van der Waals surface area contributed by atoms with Gasteiger partial charge in [-0.1, -0.05) is 0 Å². The lowest BCUT2D eigenvalue weighted by atomic mass is 9.97. The molecule has 0 aliphatic carbocycles. The van der Waals surface area contributed by atoms with E-state index < -0.39 is 17.7 Å². The molecule has 0 spiro atoms. The molecule has 0 aromatic heterocycles. The van der Waals surface area contributed by atoms with Crippen LogP contribution in [-0.2, 0) is 4.79 Å². The number of carboxylic acids is 1. The normalized spacial score (nSPS) is 30.9. The molecular weight excluding hydrogens is 189 g/mol. The van der Waals surface area contributed by atoms with Crippen molar-refractivity contribution in [3.05, 3.63) is 0 Å². The number of likely N-dealkylation sites (tertiary alicyclic amines) is 1. The van der Waals surface area contributed by atoms with E-state index in [0.717, 1.165) is 0 Å². The number of β-amino-alcohol motifs (C(OH)–C–C–N with tert-alkyl or cyclic N) is 1. The minimum Gasteiger partial charge on any atom is -0.479 e. The van der Waals surface area contributed by atoms with Crippen LogP contribution in [0.1, 0.15) is 20.3 Å². The van der Waals surface area contributed by atoms with Gasteiger partial charge in [0, 0.05) is 19.1 Å². The molecule has 1 saturated heterocycles. The lowest BCUT2D eigenvalue weighted by Crippen LogP contribution is -2.47. The first kappa shape index (κ1) is 11.4. The second-order valence-corrected chi connectivity index (χ2v) is 4.12. The second-order valence-electron chi connectivity index (χ2n) is 4.12. The summed E-state index contributed by atoms with van der Waals surface area (Å²) in [4.78, 5) is 12.3. The molecule has 0 saturated carbocycles. The number of hydrogen-bond acceptors (Lipinski definition) is 3. The van der Waals surface area contributed by atoms with Crippen LogP contribution in [0.2, 0.25) is 0 Å². The van der Waals surface area contributed by atoms with E-state index in [0.29, 0.717) is 6.54 Å². The van der Waals surface area contributed by atoms with Gasteiger partial charge >= 0.3 is 5.97 Å². The maximum Gasteiger partial charge on any atom is 0.341 e. The molecule has 2 N–H and O–H groups in total. The van der Waals surface area contributed by atoms with Gasteiger partial charge in [0.25, 0.3) is 0 Å². The first-order valence-electron chi connectivity index (χ1n) is 4.70. The Bertz CT molecular complexity index is 234. The predicted molar refractivity (Wildman–Crippen MR) is 48.8 cm³/mol. The first-order chi connectivity index (χ1) is 6.37. The lowest BCUT2D eigenvalue weighted by molar-refractivity contribution is -0.153. The molecule has 1 rings (SSSR count). The number of aliphatic carboxylic acids is 1. The quantitative estimate of drug-likeness (QED) is 0.693. The van der Waals surface area contributed by atoms with E-state index in [9.17, 15) is 14.3 Å². The highest BCUT2D eigenvalue weighted by Crippen LogP contribution is 2.28. The molecule has 0 amide bonds. The summed E-state index contributed by atoms with van der Waals surface area (Å²) < 4.78 is 13.2. The first-order valence-corrected chi connectivity index (χ1v) is 4.70. The van der Waals surface area contributed by atoms with Gasteiger partial charge in [0.1, 0.15) is 5.60 Å². The van der Waals surface area contributed by atoms with Gasteiger partial charge in [-0.2, -0.15) is 0 Å². The zero-order valence-electron chi connectivity index (χ0n) is 8.40. The summed E-state index contributed by atoms with van der Waals surface area (Å²) >= 11 is 0. The van der Waals surface area contributed by atoms with Gasteiger partial charge in [-0.15, -0.1) is 0 Å². The maximum atomic E-state index is 13.2. The van der Waals surface area contributed by atoms with Crippen LogP contribution in [0.3, 0.4) is 0 Å². The molecular formula is C9H16FNO3. The molecule has 2 atom stereocenters. The van der Waals surface area contributed by atoms with E-state index in [-0.39, 0.29) is 19.0 Å². The molecule has 0 aromatic carbocycles. The summed E-state index contributed by atoms with van der Waals surface area (Å²) in [6.45, 7) is 4.50. The fourth-order valence-electron chi connectivity index (χ4n) is 1.72. The predicted octanol–water partition coefficient (Wildman–Crippen LogP) is 0.254. The highest BCUT2D eigenvalue weighted by molar-refractivity contribution is 5.74. The summed E-state index contributed by atoms with van der Waals surface area (Å²) in [6, 6.07) is 0.199. The van der Waals surface area contributed by atoms with E-state index >= 15 is 0 Å². The summed E-state index contributed by atoms with van der Waals surface area (Å²) in [5.74, 6) is -1.59. The highest BCUT2D eigenvalue weighted by Gasteiger charge is 2.47. The largest absolute Gasteiger partial charge is 0.479 e. The zero-order chi connectivity index (χ0) is 10.9. The third kappa shape index (κ3) is 2.04. The van der Waals surface area contributed by atoms with Crippen LogP contribution >= 0.6 is 0 Å². The van der Waals surface area contributed by atoms with E-state index in [4.69, 9.17) is 5.11 Å². The molecule has 2 unspecified atom stereocenters. The Morgan fingerprint density at radius 2 is 2.14 bits per heavy atom. The van der Waals surface area contributed by atoms with Crippen LogP contribution in [0.4, 0.5) is 4.39 Å². The van der Waals surface area contributed by atoms with Crippen LogP contribution in [0.5, 0.6) is 0 Å². The third-order valence-corrected chi connectivity index (χ3v) is 2.73. The minimum atomic E-state index is -2.19. The fraction of sp³-hybridized carbons (Fsp3) is 0.889. The van der Waals surface area contributed by atoms with Gasteiger partial charge in [-0.3, -0.25) is 4.90 Å². The smallest absolute Gasteiger partial charge is 0.341 e. The molecule has 4 nitrogen and oxygen atoms in total. The summed E-state index contributed by atoms with van der Waals surface area (Å²) in [6.07, 6.45) is -2.01. The second kappa shape index (κ2) is 3.82. The van der Waals surface area contributed by atoms with Crippen molar-refractivity contribution in [3.8, 4) is 0 Å². The van der Waals surface area contributed by atoms with E-state index in [1.54, 1.807) is 0 Å². The molecule has 1 aliphatic heterocycles. The molecule has 1 heterocycles. The highest BCUT2D eigenvalue weighted by atomic mass is 19.1. The number of aliphatic hydroxyl groups is 1. The number of carbonyl (C=O) groups is 1. The summed E-state index contributed by atoms with van der Waals surface area (Å²) in [5, 5.41) is 18.2. The number of alkyl halides is 1. The number of nitrogens with zero attached hydrogens (tertiary/aromatic N) is 1. The summed E-state index contributed by atoms with van der Waals surface area (Å²) in [7, 11) is 0. The molecule has 0 radical (unpaired) electrons. The monoisotopic (exact) mass is 205 g/mol. The van der Waals surface area contributed by atoms with Crippen LogP contribution < -0.4 is 0 Å². The van der Waals surface area contributed by atoms with E-state index in [1.165, 1.54) is 0 Å². The SMILES string of the molecule is CC(C)N1CCC(O)(C(F)C(=O)O)C1. The molecule has 14 heavy (non-hydrogen) atoms. The number of rotatable bonds is 3.